The van der Waals surface area contributed by atoms with Crippen LogP contribution in [0.25, 0.3) is 11.0 Å². The Morgan fingerprint density at radius 1 is 1.17 bits per heavy atom. The van der Waals surface area contributed by atoms with E-state index in [2.05, 4.69) is 27.4 Å². The first-order valence-corrected chi connectivity index (χ1v) is 10.5. The Morgan fingerprint density at radius 2 is 1.93 bits per heavy atom. The first-order chi connectivity index (χ1) is 14.6. The number of anilines is 1. The lowest BCUT2D eigenvalue weighted by molar-refractivity contribution is -0.121. The molecule has 0 spiro atoms. The van der Waals surface area contributed by atoms with Crippen molar-refractivity contribution in [2.24, 2.45) is 17.6 Å². The van der Waals surface area contributed by atoms with Crippen LogP contribution in [0.5, 0.6) is 0 Å². The average molecular weight is 405 g/mol. The number of nitrogens with one attached hydrogen (secondary N) is 3. The molecule has 0 aliphatic heterocycles. The zero-order chi connectivity index (χ0) is 20.9. The summed E-state index contributed by atoms with van der Waals surface area (Å²) in [7, 11) is 0. The highest BCUT2D eigenvalue weighted by Gasteiger charge is 2.28. The van der Waals surface area contributed by atoms with E-state index < -0.39 is 0 Å². The van der Waals surface area contributed by atoms with Crippen molar-refractivity contribution >= 4 is 28.6 Å². The maximum absolute atomic E-state index is 12.8. The van der Waals surface area contributed by atoms with Crippen molar-refractivity contribution < 1.29 is 4.79 Å². The summed E-state index contributed by atoms with van der Waals surface area (Å²) in [6, 6.07) is 13.9. The van der Waals surface area contributed by atoms with E-state index >= 15 is 0 Å². The van der Waals surface area contributed by atoms with Gasteiger partial charge in [0.05, 0.1) is 5.69 Å². The number of rotatable bonds is 6. The lowest BCUT2D eigenvalue weighted by Crippen LogP contribution is -2.40. The second-order valence-electron chi connectivity index (χ2n) is 8.06. The van der Waals surface area contributed by atoms with E-state index in [1.54, 1.807) is 6.20 Å². The summed E-state index contributed by atoms with van der Waals surface area (Å²) in [5.41, 5.74) is 8.57. The fourth-order valence-electron chi connectivity index (χ4n) is 4.28. The van der Waals surface area contributed by atoms with E-state index in [9.17, 15) is 4.79 Å². The van der Waals surface area contributed by atoms with E-state index in [4.69, 9.17) is 11.1 Å². The number of hydrogen-bond donors (Lipinski definition) is 4. The molecule has 0 radical (unpaired) electrons. The lowest BCUT2D eigenvalue weighted by atomic mass is 9.81. The van der Waals surface area contributed by atoms with E-state index in [0.29, 0.717) is 12.5 Å². The van der Waals surface area contributed by atoms with Crippen molar-refractivity contribution in [3.8, 4) is 0 Å². The summed E-state index contributed by atoms with van der Waals surface area (Å²) < 4.78 is 0. The number of amides is 1. The van der Waals surface area contributed by atoms with Crippen molar-refractivity contribution in [1.29, 1.82) is 5.41 Å². The standard InChI is InChI=1S/C23H28N6O/c24-23(25)29(14-16-4-2-1-3-5-16)15-17-6-8-18(9-7-17)22(30)28-20-11-13-27-21-19(20)10-12-26-21/h1-5,10-13,17-18H,6-9,14-15H2,(H3,24,25)(H2,26,27,28,30). The molecule has 4 rings (SSSR count). The molecule has 30 heavy (non-hydrogen) atoms. The van der Waals surface area contributed by atoms with E-state index in [-0.39, 0.29) is 17.8 Å². The molecular formula is C23H28N6O. The fraction of sp³-hybridized carbons (Fsp3) is 0.348. The number of hydrogen-bond acceptors (Lipinski definition) is 3. The van der Waals surface area contributed by atoms with Gasteiger partial charge in [0, 0.05) is 36.8 Å². The molecule has 1 fully saturated rings. The zero-order valence-corrected chi connectivity index (χ0v) is 17.0. The van der Waals surface area contributed by atoms with Gasteiger partial charge in [0.1, 0.15) is 5.65 Å². The molecule has 5 N–H and O–H groups in total. The van der Waals surface area contributed by atoms with Gasteiger partial charge in [-0.3, -0.25) is 10.2 Å². The fourth-order valence-corrected chi connectivity index (χ4v) is 4.28. The number of fused-ring (bicyclic) bond motifs is 1. The number of carbonyl (C=O) groups is 1. The van der Waals surface area contributed by atoms with Crippen LogP contribution in [-0.4, -0.2) is 33.3 Å². The van der Waals surface area contributed by atoms with Crippen molar-refractivity contribution in [2.45, 2.75) is 32.2 Å². The Kier molecular flexibility index (Phi) is 5.97. The normalized spacial score (nSPS) is 18.8. The van der Waals surface area contributed by atoms with Gasteiger partial charge in [0.15, 0.2) is 5.96 Å². The van der Waals surface area contributed by atoms with Crippen LogP contribution in [0.4, 0.5) is 5.69 Å². The first-order valence-electron chi connectivity index (χ1n) is 10.5. The summed E-state index contributed by atoms with van der Waals surface area (Å²) >= 11 is 0. The van der Waals surface area contributed by atoms with Crippen LogP contribution in [0.3, 0.4) is 0 Å². The van der Waals surface area contributed by atoms with Gasteiger partial charge in [-0.2, -0.15) is 0 Å². The Labute approximate surface area is 176 Å². The quantitative estimate of drug-likeness (QED) is 0.371. The molecule has 0 unspecified atom stereocenters. The molecule has 0 atom stereocenters. The minimum atomic E-state index is 0.0170. The number of benzene rings is 1. The molecule has 2 aromatic heterocycles. The van der Waals surface area contributed by atoms with Gasteiger partial charge >= 0.3 is 0 Å². The van der Waals surface area contributed by atoms with Gasteiger partial charge in [-0.25, -0.2) is 4.98 Å². The summed E-state index contributed by atoms with van der Waals surface area (Å²) in [6.45, 7) is 1.40. The molecule has 0 saturated heterocycles. The number of guanidine groups is 1. The number of pyridine rings is 1. The zero-order valence-electron chi connectivity index (χ0n) is 17.0. The Balaban J connectivity index is 1.31. The second-order valence-corrected chi connectivity index (χ2v) is 8.06. The van der Waals surface area contributed by atoms with Crippen LogP contribution in [0.1, 0.15) is 31.2 Å². The van der Waals surface area contributed by atoms with Gasteiger partial charge in [0.2, 0.25) is 5.91 Å². The van der Waals surface area contributed by atoms with Gasteiger partial charge < -0.3 is 20.9 Å². The lowest BCUT2D eigenvalue weighted by Gasteiger charge is -2.32. The minimum absolute atomic E-state index is 0.0170. The van der Waals surface area contributed by atoms with Crippen molar-refractivity contribution in [3.63, 3.8) is 0 Å². The topological polar surface area (TPSA) is 111 Å². The Morgan fingerprint density at radius 3 is 2.67 bits per heavy atom. The van der Waals surface area contributed by atoms with Crippen molar-refractivity contribution in [1.82, 2.24) is 14.9 Å². The molecule has 7 nitrogen and oxygen atoms in total. The molecular weight excluding hydrogens is 376 g/mol. The highest BCUT2D eigenvalue weighted by Crippen LogP contribution is 2.31. The molecule has 3 aromatic rings. The number of aromatic amines is 1. The predicted octanol–water partition coefficient (Wildman–Crippen LogP) is 3.70. The van der Waals surface area contributed by atoms with Gasteiger partial charge in [0.25, 0.3) is 0 Å². The highest BCUT2D eigenvalue weighted by molar-refractivity contribution is 6.00. The summed E-state index contributed by atoms with van der Waals surface area (Å²) in [5, 5.41) is 11.9. The maximum Gasteiger partial charge on any atom is 0.227 e. The molecule has 1 amide bonds. The highest BCUT2D eigenvalue weighted by atomic mass is 16.1. The van der Waals surface area contributed by atoms with Crippen LogP contribution in [0.15, 0.2) is 54.9 Å². The van der Waals surface area contributed by atoms with Crippen LogP contribution < -0.4 is 11.1 Å². The molecule has 1 aliphatic carbocycles. The second kappa shape index (κ2) is 8.98. The molecule has 1 saturated carbocycles. The summed E-state index contributed by atoms with van der Waals surface area (Å²) in [4.78, 5) is 22.1. The third-order valence-electron chi connectivity index (χ3n) is 5.97. The minimum Gasteiger partial charge on any atom is -0.370 e. The number of nitrogens with zero attached hydrogens (tertiary/aromatic N) is 2. The number of carbonyl (C=O) groups excluding carboxylic acids is 1. The molecule has 1 aliphatic rings. The molecule has 0 bridgehead atoms. The van der Waals surface area contributed by atoms with Gasteiger partial charge in [-0.15, -0.1) is 0 Å². The van der Waals surface area contributed by atoms with E-state index in [1.807, 2.05) is 41.4 Å². The number of nitrogens with two attached hydrogens (primary N) is 1. The third-order valence-corrected chi connectivity index (χ3v) is 5.97. The van der Waals surface area contributed by atoms with Crippen LogP contribution >= 0.6 is 0 Å². The molecule has 2 heterocycles. The van der Waals surface area contributed by atoms with Gasteiger partial charge in [-0.05, 0) is 49.3 Å². The third kappa shape index (κ3) is 4.62. The van der Waals surface area contributed by atoms with Gasteiger partial charge in [-0.1, -0.05) is 30.3 Å². The van der Waals surface area contributed by atoms with Crippen LogP contribution in [-0.2, 0) is 11.3 Å². The number of aromatic nitrogens is 2. The Bertz CT molecular complexity index is 1010. The summed E-state index contributed by atoms with van der Waals surface area (Å²) in [5.74, 6) is 0.643. The average Bonchev–Trinajstić information content (AvgIpc) is 3.24. The maximum atomic E-state index is 12.8. The smallest absolute Gasteiger partial charge is 0.227 e. The number of H-pyrrole nitrogens is 1. The van der Waals surface area contributed by atoms with Crippen molar-refractivity contribution in [2.75, 3.05) is 11.9 Å². The molecule has 1 aromatic carbocycles. The van der Waals surface area contributed by atoms with Crippen LogP contribution in [0.2, 0.25) is 0 Å². The molecule has 7 heteroatoms. The van der Waals surface area contributed by atoms with E-state index in [0.717, 1.165) is 54.5 Å². The summed E-state index contributed by atoms with van der Waals surface area (Å²) in [6.07, 6.45) is 7.17. The monoisotopic (exact) mass is 404 g/mol. The molecule has 156 valence electrons. The SMILES string of the molecule is N=C(N)N(Cc1ccccc1)CC1CCC(C(=O)Nc2ccnc3[nH]ccc23)CC1. The Hall–Kier alpha value is -3.35. The van der Waals surface area contributed by atoms with E-state index in [1.165, 1.54) is 0 Å². The van der Waals surface area contributed by atoms with Crippen LogP contribution in [0, 0.1) is 17.2 Å². The largest absolute Gasteiger partial charge is 0.370 e. The van der Waals surface area contributed by atoms with Crippen molar-refractivity contribution in [3.05, 3.63) is 60.4 Å². The first kappa shape index (κ1) is 19.9. The predicted molar refractivity (Wildman–Crippen MR) is 119 cm³/mol.